The summed E-state index contributed by atoms with van der Waals surface area (Å²) in [7, 11) is 1.63. The number of anilines is 4. The Hall–Kier alpha value is -4.21. The number of Topliss-reactive ketones (excluding diaryl/α,β-unsaturated/α-hetero) is 1. The summed E-state index contributed by atoms with van der Waals surface area (Å²) < 4.78 is 5.21. The predicted octanol–water partition coefficient (Wildman–Crippen LogP) is 3.67. The SMILES string of the molecule is COc1ccc(N2CCN(c3ncnc(Nc4ccc(C(C)=O)cc4)c3[N+](=O)[O-])CC2)cc1. The van der Waals surface area contributed by atoms with Crippen molar-refractivity contribution in [2.24, 2.45) is 0 Å². The van der Waals surface area contributed by atoms with Crippen molar-refractivity contribution in [2.75, 3.05) is 48.4 Å². The van der Waals surface area contributed by atoms with E-state index >= 15 is 0 Å². The van der Waals surface area contributed by atoms with E-state index in [1.807, 2.05) is 29.2 Å². The highest BCUT2D eigenvalue weighted by Gasteiger charge is 2.29. The molecule has 0 bridgehead atoms. The second-order valence-corrected chi connectivity index (χ2v) is 7.58. The number of nitrogens with zero attached hydrogens (tertiary/aromatic N) is 5. The standard InChI is InChI=1S/C23H24N6O4/c1-16(30)17-3-5-18(6-4-17)26-22-21(29(31)32)23(25-15-24-22)28-13-11-27(12-14-28)19-7-9-20(33-2)10-8-19/h3-10,15H,11-14H2,1-2H3,(H,24,25,26). The van der Waals surface area contributed by atoms with Gasteiger partial charge in [-0.3, -0.25) is 14.9 Å². The maximum atomic E-state index is 12.0. The molecule has 1 saturated heterocycles. The van der Waals surface area contributed by atoms with E-state index < -0.39 is 4.92 Å². The molecule has 2 heterocycles. The number of hydrogen-bond acceptors (Lipinski definition) is 9. The van der Waals surface area contributed by atoms with Crippen LogP contribution in [0.5, 0.6) is 5.75 Å². The van der Waals surface area contributed by atoms with Crippen molar-refractivity contribution in [2.45, 2.75) is 6.92 Å². The summed E-state index contributed by atoms with van der Waals surface area (Å²) in [5.74, 6) is 1.14. The third-order valence-electron chi connectivity index (χ3n) is 5.56. The second kappa shape index (κ2) is 9.51. The molecule has 0 radical (unpaired) electrons. The van der Waals surface area contributed by atoms with Crippen LogP contribution in [0.2, 0.25) is 0 Å². The highest BCUT2D eigenvalue weighted by atomic mass is 16.6. The minimum atomic E-state index is -0.461. The molecule has 0 saturated carbocycles. The smallest absolute Gasteiger partial charge is 0.353 e. The molecule has 0 aliphatic carbocycles. The quantitative estimate of drug-likeness (QED) is 0.328. The largest absolute Gasteiger partial charge is 0.497 e. The fourth-order valence-electron chi connectivity index (χ4n) is 3.75. The average molecular weight is 448 g/mol. The molecule has 2 aromatic carbocycles. The monoisotopic (exact) mass is 448 g/mol. The third kappa shape index (κ3) is 4.84. The normalized spacial score (nSPS) is 13.5. The number of ketones is 1. The van der Waals surface area contributed by atoms with Crippen LogP contribution in [0.15, 0.2) is 54.9 Å². The summed E-state index contributed by atoms with van der Waals surface area (Å²) in [5, 5.41) is 14.9. The molecule has 33 heavy (non-hydrogen) atoms. The fraction of sp³-hybridized carbons (Fsp3) is 0.261. The first kappa shape index (κ1) is 22.0. The minimum Gasteiger partial charge on any atom is -0.497 e. The van der Waals surface area contributed by atoms with Gasteiger partial charge < -0.3 is 19.9 Å². The Morgan fingerprint density at radius 1 is 1.00 bits per heavy atom. The maximum Gasteiger partial charge on any atom is 0.353 e. The second-order valence-electron chi connectivity index (χ2n) is 7.58. The van der Waals surface area contributed by atoms with Crippen LogP contribution in [0, 0.1) is 10.1 Å². The molecular weight excluding hydrogens is 424 g/mol. The molecule has 4 rings (SSSR count). The number of benzene rings is 2. The van der Waals surface area contributed by atoms with E-state index in [1.54, 1.807) is 31.4 Å². The Kier molecular flexibility index (Phi) is 6.34. The number of rotatable bonds is 7. The molecule has 1 aliphatic heterocycles. The van der Waals surface area contributed by atoms with Crippen molar-refractivity contribution in [3.63, 3.8) is 0 Å². The first-order chi connectivity index (χ1) is 16.0. The minimum absolute atomic E-state index is 0.0503. The van der Waals surface area contributed by atoms with E-state index in [2.05, 4.69) is 20.2 Å². The molecule has 10 heteroatoms. The van der Waals surface area contributed by atoms with Crippen molar-refractivity contribution in [1.82, 2.24) is 9.97 Å². The van der Waals surface area contributed by atoms with Gasteiger partial charge in [0.05, 0.1) is 12.0 Å². The van der Waals surface area contributed by atoms with Gasteiger partial charge in [0, 0.05) is 43.1 Å². The van der Waals surface area contributed by atoms with Crippen molar-refractivity contribution >= 4 is 34.5 Å². The number of methoxy groups -OCH3 is 1. The Labute approximate surface area is 191 Å². The van der Waals surface area contributed by atoms with Gasteiger partial charge in [0.2, 0.25) is 11.6 Å². The number of hydrogen-bond donors (Lipinski definition) is 1. The van der Waals surface area contributed by atoms with Gasteiger partial charge in [0.1, 0.15) is 12.1 Å². The van der Waals surface area contributed by atoms with Crippen LogP contribution in [0.4, 0.5) is 28.7 Å². The van der Waals surface area contributed by atoms with E-state index in [4.69, 9.17) is 4.74 Å². The van der Waals surface area contributed by atoms with Crippen LogP contribution >= 0.6 is 0 Å². The van der Waals surface area contributed by atoms with Gasteiger partial charge in [-0.25, -0.2) is 9.97 Å². The first-order valence-electron chi connectivity index (χ1n) is 10.5. The summed E-state index contributed by atoms with van der Waals surface area (Å²) in [6.45, 7) is 4.04. The lowest BCUT2D eigenvalue weighted by Crippen LogP contribution is -2.47. The third-order valence-corrected chi connectivity index (χ3v) is 5.56. The van der Waals surface area contributed by atoms with Crippen molar-refractivity contribution in [3.8, 4) is 5.75 Å². The van der Waals surface area contributed by atoms with E-state index in [-0.39, 0.29) is 23.1 Å². The zero-order valence-electron chi connectivity index (χ0n) is 18.4. The predicted molar refractivity (Wildman–Crippen MR) is 126 cm³/mol. The highest BCUT2D eigenvalue weighted by Crippen LogP contribution is 2.34. The molecule has 1 N–H and O–H groups in total. The van der Waals surface area contributed by atoms with Gasteiger partial charge in [-0.15, -0.1) is 0 Å². The van der Waals surface area contributed by atoms with Crippen molar-refractivity contribution in [3.05, 3.63) is 70.5 Å². The van der Waals surface area contributed by atoms with E-state index in [0.717, 1.165) is 11.4 Å². The van der Waals surface area contributed by atoms with Gasteiger partial charge in [-0.05, 0) is 55.5 Å². The van der Waals surface area contributed by atoms with Crippen LogP contribution in [-0.2, 0) is 0 Å². The van der Waals surface area contributed by atoms with Crippen LogP contribution in [-0.4, -0.2) is 54.0 Å². The lowest BCUT2D eigenvalue weighted by atomic mass is 10.1. The van der Waals surface area contributed by atoms with Gasteiger partial charge in [0.25, 0.3) is 0 Å². The number of carbonyl (C=O) groups is 1. The summed E-state index contributed by atoms with van der Waals surface area (Å²) in [4.78, 5) is 35.4. The zero-order valence-corrected chi connectivity index (χ0v) is 18.4. The Morgan fingerprint density at radius 2 is 1.64 bits per heavy atom. The number of nitro groups is 1. The highest BCUT2D eigenvalue weighted by molar-refractivity contribution is 5.94. The van der Waals surface area contributed by atoms with E-state index in [9.17, 15) is 14.9 Å². The molecule has 170 valence electrons. The molecule has 0 unspecified atom stereocenters. The van der Waals surface area contributed by atoms with Gasteiger partial charge in [0.15, 0.2) is 5.78 Å². The maximum absolute atomic E-state index is 12.0. The number of aromatic nitrogens is 2. The van der Waals surface area contributed by atoms with Crippen LogP contribution < -0.4 is 19.9 Å². The molecular formula is C23H24N6O4. The lowest BCUT2D eigenvalue weighted by Gasteiger charge is -2.36. The molecule has 0 atom stereocenters. The number of nitrogens with one attached hydrogen (secondary N) is 1. The summed E-state index contributed by atoms with van der Waals surface area (Å²) in [6.07, 6.45) is 1.32. The molecule has 10 nitrogen and oxygen atoms in total. The lowest BCUT2D eigenvalue weighted by molar-refractivity contribution is -0.383. The van der Waals surface area contributed by atoms with Crippen molar-refractivity contribution in [1.29, 1.82) is 0 Å². The molecule has 1 fully saturated rings. The number of piperazine rings is 1. The summed E-state index contributed by atoms with van der Waals surface area (Å²) in [5.41, 5.74) is 2.06. The zero-order chi connectivity index (χ0) is 23.4. The van der Waals surface area contributed by atoms with E-state index in [1.165, 1.54) is 13.3 Å². The Bertz CT molecular complexity index is 1140. The molecule has 1 aromatic heterocycles. The van der Waals surface area contributed by atoms with Crippen LogP contribution in [0.1, 0.15) is 17.3 Å². The van der Waals surface area contributed by atoms with Gasteiger partial charge in [-0.1, -0.05) is 0 Å². The first-order valence-corrected chi connectivity index (χ1v) is 10.5. The number of carbonyl (C=O) groups excluding carboxylic acids is 1. The van der Waals surface area contributed by atoms with Crippen LogP contribution in [0.3, 0.4) is 0 Å². The fourth-order valence-corrected chi connectivity index (χ4v) is 3.75. The molecule has 0 amide bonds. The van der Waals surface area contributed by atoms with Crippen molar-refractivity contribution < 1.29 is 14.5 Å². The topological polar surface area (TPSA) is 114 Å². The van der Waals surface area contributed by atoms with Gasteiger partial charge >= 0.3 is 5.69 Å². The average Bonchev–Trinajstić information content (AvgIpc) is 2.84. The Balaban J connectivity index is 1.52. The summed E-state index contributed by atoms with van der Waals surface area (Å²) in [6, 6.07) is 14.5. The number of ether oxygens (including phenoxy) is 1. The summed E-state index contributed by atoms with van der Waals surface area (Å²) >= 11 is 0. The molecule has 3 aromatic rings. The molecule has 0 spiro atoms. The Morgan fingerprint density at radius 3 is 2.21 bits per heavy atom. The van der Waals surface area contributed by atoms with Crippen LogP contribution in [0.25, 0.3) is 0 Å². The molecule has 1 aliphatic rings. The van der Waals surface area contributed by atoms with E-state index in [0.29, 0.717) is 37.4 Å². The van der Waals surface area contributed by atoms with Gasteiger partial charge in [-0.2, -0.15) is 0 Å².